The molecule has 2 aromatic rings. The lowest BCUT2D eigenvalue weighted by atomic mass is 10.0. The Labute approximate surface area is 113 Å². The normalized spacial score (nSPS) is 15.7. The van der Waals surface area contributed by atoms with Crippen LogP contribution in [0.1, 0.15) is 38.9 Å². The molecule has 0 saturated carbocycles. The van der Waals surface area contributed by atoms with Crippen molar-refractivity contribution in [2.45, 2.75) is 38.6 Å². The summed E-state index contributed by atoms with van der Waals surface area (Å²) < 4.78 is 0. The van der Waals surface area contributed by atoms with Crippen LogP contribution in [-0.2, 0) is 19.3 Å². The summed E-state index contributed by atoms with van der Waals surface area (Å²) in [5.41, 5.74) is 10.6. The fourth-order valence-electron chi connectivity index (χ4n) is 2.73. The van der Waals surface area contributed by atoms with Crippen LogP contribution in [-0.4, -0.2) is 0 Å². The van der Waals surface area contributed by atoms with Gasteiger partial charge in [-0.2, -0.15) is 0 Å². The van der Waals surface area contributed by atoms with Gasteiger partial charge in [0.25, 0.3) is 0 Å². The highest BCUT2D eigenvalue weighted by molar-refractivity contribution is 7.12. The molecule has 0 saturated heterocycles. The van der Waals surface area contributed by atoms with E-state index in [0.29, 0.717) is 0 Å². The highest BCUT2D eigenvalue weighted by atomic mass is 32.1. The molecule has 1 aromatic carbocycles. The monoisotopic (exact) mass is 257 g/mol. The van der Waals surface area contributed by atoms with E-state index in [1.165, 1.54) is 35.3 Å². The Morgan fingerprint density at radius 1 is 1.28 bits per heavy atom. The number of nitrogens with two attached hydrogens (primary N) is 1. The number of hydrogen-bond donors (Lipinski definition) is 1. The number of fused-ring (bicyclic) bond motifs is 1. The fraction of sp³-hybridized carbons (Fsp3) is 0.375. The molecule has 0 spiro atoms. The largest absolute Gasteiger partial charge is 0.323 e. The van der Waals surface area contributed by atoms with E-state index < -0.39 is 0 Å². The molecule has 1 heterocycles. The van der Waals surface area contributed by atoms with Gasteiger partial charge in [-0.3, -0.25) is 0 Å². The van der Waals surface area contributed by atoms with Gasteiger partial charge in [0.15, 0.2) is 0 Å². The number of thiophene rings is 1. The second-order valence-corrected chi connectivity index (χ2v) is 6.42. The van der Waals surface area contributed by atoms with Gasteiger partial charge in [-0.1, -0.05) is 29.8 Å². The van der Waals surface area contributed by atoms with Gasteiger partial charge in [-0.25, -0.2) is 0 Å². The minimum Gasteiger partial charge on any atom is -0.323 e. The molecule has 1 aromatic heterocycles. The summed E-state index contributed by atoms with van der Waals surface area (Å²) >= 11 is 1.93. The van der Waals surface area contributed by atoms with Crippen LogP contribution in [0.5, 0.6) is 0 Å². The number of aryl methyl sites for hydroxylation is 3. The van der Waals surface area contributed by atoms with Crippen molar-refractivity contribution in [1.29, 1.82) is 0 Å². The Balaban J connectivity index is 1.76. The van der Waals surface area contributed by atoms with Gasteiger partial charge in [0, 0.05) is 15.8 Å². The zero-order valence-corrected chi connectivity index (χ0v) is 11.6. The molecule has 1 aliphatic rings. The predicted octanol–water partition coefficient (Wildman–Crippen LogP) is 3.79. The van der Waals surface area contributed by atoms with Crippen molar-refractivity contribution in [3.05, 3.63) is 56.8 Å². The minimum atomic E-state index is 0.155. The van der Waals surface area contributed by atoms with Crippen molar-refractivity contribution in [2.24, 2.45) is 5.73 Å². The molecule has 0 aliphatic heterocycles. The first kappa shape index (κ1) is 11.9. The molecule has 0 bridgehead atoms. The molecule has 94 valence electrons. The van der Waals surface area contributed by atoms with Crippen LogP contribution >= 0.6 is 11.3 Å². The van der Waals surface area contributed by atoms with Crippen LogP contribution in [0.4, 0.5) is 0 Å². The molecular weight excluding hydrogens is 238 g/mol. The van der Waals surface area contributed by atoms with E-state index in [1.807, 2.05) is 11.3 Å². The average molecular weight is 257 g/mol. The van der Waals surface area contributed by atoms with E-state index in [-0.39, 0.29) is 6.04 Å². The molecule has 0 fully saturated rings. The van der Waals surface area contributed by atoms with Crippen LogP contribution < -0.4 is 5.73 Å². The summed E-state index contributed by atoms with van der Waals surface area (Å²) in [6, 6.07) is 11.2. The summed E-state index contributed by atoms with van der Waals surface area (Å²) in [6.07, 6.45) is 4.79. The summed E-state index contributed by atoms with van der Waals surface area (Å²) in [5.74, 6) is 0. The molecule has 2 N–H and O–H groups in total. The Morgan fingerprint density at radius 3 is 2.94 bits per heavy atom. The molecule has 0 radical (unpaired) electrons. The minimum absolute atomic E-state index is 0.155. The smallest absolute Gasteiger partial charge is 0.0430 e. The molecule has 1 aliphatic carbocycles. The molecular formula is C16H19NS. The van der Waals surface area contributed by atoms with Crippen molar-refractivity contribution >= 4 is 11.3 Å². The van der Waals surface area contributed by atoms with E-state index in [9.17, 15) is 0 Å². The maximum absolute atomic E-state index is 6.35. The van der Waals surface area contributed by atoms with Crippen molar-refractivity contribution in [3.8, 4) is 0 Å². The van der Waals surface area contributed by atoms with Crippen molar-refractivity contribution in [3.63, 3.8) is 0 Å². The summed E-state index contributed by atoms with van der Waals surface area (Å²) in [5, 5.41) is 0. The second kappa shape index (κ2) is 4.87. The van der Waals surface area contributed by atoms with Crippen molar-refractivity contribution in [2.75, 3.05) is 0 Å². The fourth-order valence-corrected chi connectivity index (χ4v) is 3.99. The van der Waals surface area contributed by atoms with Crippen LogP contribution in [0.3, 0.4) is 0 Å². The third-order valence-electron chi connectivity index (χ3n) is 3.67. The topological polar surface area (TPSA) is 26.0 Å². The number of benzene rings is 1. The van der Waals surface area contributed by atoms with E-state index in [0.717, 1.165) is 6.42 Å². The second-order valence-electron chi connectivity index (χ2n) is 5.25. The third-order valence-corrected chi connectivity index (χ3v) is 5.04. The molecule has 2 heteroatoms. The molecule has 1 unspecified atom stereocenters. The first-order valence-corrected chi connectivity index (χ1v) is 7.46. The molecule has 1 atom stereocenters. The molecule has 18 heavy (non-hydrogen) atoms. The van der Waals surface area contributed by atoms with Crippen LogP contribution in [0.25, 0.3) is 0 Å². The number of hydrogen-bond acceptors (Lipinski definition) is 2. The van der Waals surface area contributed by atoms with Crippen LogP contribution in [0.15, 0.2) is 30.3 Å². The van der Waals surface area contributed by atoms with E-state index in [4.69, 9.17) is 5.73 Å². The number of rotatable bonds is 3. The van der Waals surface area contributed by atoms with Gasteiger partial charge in [0.2, 0.25) is 0 Å². The maximum atomic E-state index is 6.35. The molecule has 1 nitrogen and oxygen atoms in total. The van der Waals surface area contributed by atoms with E-state index in [2.05, 4.69) is 37.3 Å². The van der Waals surface area contributed by atoms with E-state index in [1.54, 1.807) is 10.4 Å². The summed E-state index contributed by atoms with van der Waals surface area (Å²) in [4.78, 5) is 2.94. The van der Waals surface area contributed by atoms with Crippen LogP contribution in [0, 0.1) is 6.92 Å². The highest BCUT2D eigenvalue weighted by Crippen LogP contribution is 2.34. The van der Waals surface area contributed by atoms with Gasteiger partial charge in [0.05, 0.1) is 0 Å². The first-order chi connectivity index (χ1) is 8.72. The maximum Gasteiger partial charge on any atom is 0.0430 e. The van der Waals surface area contributed by atoms with Gasteiger partial charge in [0.1, 0.15) is 0 Å². The van der Waals surface area contributed by atoms with Gasteiger partial charge < -0.3 is 5.73 Å². The van der Waals surface area contributed by atoms with Crippen LogP contribution in [0.2, 0.25) is 0 Å². The lowest BCUT2D eigenvalue weighted by Gasteiger charge is -2.10. The van der Waals surface area contributed by atoms with Crippen molar-refractivity contribution in [1.82, 2.24) is 0 Å². The van der Waals surface area contributed by atoms with Gasteiger partial charge in [-0.05, 0) is 49.8 Å². The SMILES string of the molecule is Cc1cccc(CC(N)c2cc3c(s2)CCC3)c1. The lowest BCUT2D eigenvalue weighted by molar-refractivity contribution is 0.734. The average Bonchev–Trinajstić information content (AvgIpc) is 2.88. The Morgan fingerprint density at radius 2 is 2.17 bits per heavy atom. The van der Waals surface area contributed by atoms with Crippen molar-refractivity contribution < 1.29 is 0 Å². The summed E-state index contributed by atoms with van der Waals surface area (Å²) in [6.45, 7) is 2.13. The predicted molar refractivity (Wildman–Crippen MR) is 78.2 cm³/mol. The quantitative estimate of drug-likeness (QED) is 0.889. The zero-order valence-electron chi connectivity index (χ0n) is 10.8. The Bertz CT molecular complexity index is 534. The first-order valence-electron chi connectivity index (χ1n) is 6.65. The Hall–Kier alpha value is -1.12. The van der Waals surface area contributed by atoms with Gasteiger partial charge in [-0.15, -0.1) is 11.3 Å². The highest BCUT2D eigenvalue weighted by Gasteiger charge is 2.18. The Kier molecular flexibility index (Phi) is 3.23. The zero-order chi connectivity index (χ0) is 12.5. The molecule has 0 amide bonds. The van der Waals surface area contributed by atoms with E-state index >= 15 is 0 Å². The standard InChI is InChI=1S/C16H19NS/c1-11-4-2-5-12(8-11)9-14(17)16-10-13-6-3-7-15(13)18-16/h2,4-5,8,10,14H,3,6-7,9,17H2,1H3. The summed E-state index contributed by atoms with van der Waals surface area (Å²) in [7, 11) is 0. The third kappa shape index (κ3) is 2.36. The van der Waals surface area contributed by atoms with Gasteiger partial charge >= 0.3 is 0 Å². The lowest BCUT2D eigenvalue weighted by Crippen LogP contribution is -2.11. The molecule has 3 rings (SSSR count).